The summed E-state index contributed by atoms with van der Waals surface area (Å²) in [4.78, 5) is 29.9. The lowest BCUT2D eigenvalue weighted by molar-refractivity contribution is 0.0690. The number of para-hydroxylation sites is 1. The molecule has 0 fully saturated rings. The van der Waals surface area contributed by atoms with E-state index in [2.05, 4.69) is 10.3 Å². The highest BCUT2D eigenvalue weighted by atomic mass is 35.5. The molecule has 4 aromatic carbocycles. The number of carboxylic acids is 1. The van der Waals surface area contributed by atoms with E-state index >= 15 is 0 Å². The van der Waals surface area contributed by atoms with Crippen molar-refractivity contribution >= 4 is 46.5 Å². The number of ether oxygens (including phenoxy) is 1. The second kappa shape index (κ2) is 13.1. The first-order chi connectivity index (χ1) is 21.1. The van der Waals surface area contributed by atoms with Gasteiger partial charge in [0.25, 0.3) is 5.91 Å². The molecule has 0 bridgehead atoms. The first kappa shape index (κ1) is 30.5. The summed E-state index contributed by atoms with van der Waals surface area (Å²) in [5.41, 5.74) is 2.54. The number of hydrogen-bond acceptors (Lipinski definition) is 5. The smallest absolute Gasteiger partial charge is 0.336 e. The van der Waals surface area contributed by atoms with Gasteiger partial charge in [0.1, 0.15) is 12.4 Å². The van der Waals surface area contributed by atoms with Gasteiger partial charge in [0.2, 0.25) is 0 Å². The number of nitrogens with one attached hydrogen (secondary N) is 1. The second-order valence-electron chi connectivity index (χ2n) is 10.8. The fourth-order valence-corrected chi connectivity index (χ4v) is 5.02. The standard InChI is InChI=1S/C36H31ClN2O5/c1-36(2,43)30-12-5-6-13-33(30)44-22-32(39-34(40)28-10-3-4-11-29(28)35(41)42)25-9-7-8-23(20-25)14-18-27-19-16-24-15-17-26(37)21-31(24)38-27/h3-21,32,43H,22H2,1-2H3,(H,39,40)(H,41,42)/b18-14+. The Morgan fingerprint density at radius 2 is 1.64 bits per heavy atom. The summed E-state index contributed by atoms with van der Waals surface area (Å²) >= 11 is 6.15. The van der Waals surface area contributed by atoms with Crippen molar-refractivity contribution < 1.29 is 24.5 Å². The van der Waals surface area contributed by atoms with Crippen LogP contribution in [0.15, 0.2) is 103 Å². The van der Waals surface area contributed by atoms with Gasteiger partial charge in [-0.1, -0.05) is 78.3 Å². The zero-order valence-corrected chi connectivity index (χ0v) is 25.0. The molecule has 222 valence electrons. The average Bonchev–Trinajstić information content (AvgIpc) is 3.01. The minimum Gasteiger partial charge on any atom is -0.491 e. The van der Waals surface area contributed by atoms with E-state index in [0.29, 0.717) is 16.3 Å². The van der Waals surface area contributed by atoms with Gasteiger partial charge in [-0.05, 0) is 73.5 Å². The number of amides is 1. The van der Waals surface area contributed by atoms with Crippen LogP contribution >= 0.6 is 11.6 Å². The lowest BCUT2D eigenvalue weighted by Crippen LogP contribution is -2.33. The van der Waals surface area contributed by atoms with Gasteiger partial charge in [-0.2, -0.15) is 0 Å². The van der Waals surface area contributed by atoms with E-state index in [1.807, 2.05) is 78.9 Å². The highest BCUT2D eigenvalue weighted by Gasteiger charge is 2.24. The van der Waals surface area contributed by atoms with Crippen LogP contribution in [0.3, 0.4) is 0 Å². The minimum absolute atomic E-state index is 0.0221. The van der Waals surface area contributed by atoms with Crippen LogP contribution in [0, 0.1) is 0 Å². The number of halogens is 1. The molecule has 0 aliphatic carbocycles. The summed E-state index contributed by atoms with van der Waals surface area (Å²) in [6.07, 6.45) is 3.82. The van der Waals surface area contributed by atoms with Crippen LogP contribution in [0.4, 0.5) is 0 Å². The van der Waals surface area contributed by atoms with Gasteiger partial charge in [-0.25, -0.2) is 9.78 Å². The molecule has 0 spiro atoms. The molecular weight excluding hydrogens is 576 g/mol. The van der Waals surface area contributed by atoms with Gasteiger partial charge in [-0.3, -0.25) is 4.79 Å². The van der Waals surface area contributed by atoms with Crippen LogP contribution < -0.4 is 10.1 Å². The maximum absolute atomic E-state index is 13.4. The molecule has 7 nitrogen and oxygen atoms in total. The number of carboxylic acid groups (broad SMARTS) is 1. The quantitative estimate of drug-likeness (QED) is 0.152. The van der Waals surface area contributed by atoms with Crippen molar-refractivity contribution in [2.75, 3.05) is 6.61 Å². The third kappa shape index (κ3) is 7.32. The molecule has 0 aliphatic rings. The average molecular weight is 607 g/mol. The number of aromatic carboxylic acids is 1. The fourth-order valence-electron chi connectivity index (χ4n) is 4.86. The first-order valence-corrected chi connectivity index (χ1v) is 14.4. The number of benzene rings is 4. The molecule has 1 atom stereocenters. The number of hydrogen-bond donors (Lipinski definition) is 3. The third-order valence-electron chi connectivity index (χ3n) is 7.09. The van der Waals surface area contributed by atoms with E-state index in [-0.39, 0.29) is 17.7 Å². The van der Waals surface area contributed by atoms with Crippen LogP contribution in [0.25, 0.3) is 23.1 Å². The monoisotopic (exact) mass is 606 g/mol. The van der Waals surface area contributed by atoms with E-state index in [1.54, 1.807) is 38.1 Å². The lowest BCUT2D eigenvalue weighted by atomic mass is 9.97. The van der Waals surface area contributed by atoms with E-state index in [1.165, 1.54) is 12.1 Å². The number of nitrogens with zero attached hydrogens (tertiary/aromatic N) is 1. The fraction of sp³-hybridized carbons (Fsp3) is 0.139. The van der Waals surface area contributed by atoms with E-state index in [0.717, 1.165) is 27.7 Å². The molecule has 0 aliphatic heterocycles. The number of aromatic nitrogens is 1. The Labute approximate surface area is 260 Å². The predicted octanol–water partition coefficient (Wildman–Crippen LogP) is 7.53. The van der Waals surface area contributed by atoms with Crippen molar-refractivity contribution in [3.8, 4) is 5.75 Å². The Bertz CT molecular complexity index is 1860. The van der Waals surface area contributed by atoms with Crippen LogP contribution in [0.5, 0.6) is 5.75 Å². The molecule has 1 amide bonds. The number of carbonyl (C=O) groups excluding carboxylic acids is 1. The van der Waals surface area contributed by atoms with Crippen molar-refractivity contribution in [3.63, 3.8) is 0 Å². The van der Waals surface area contributed by atoms with Crippen LogP contribution in [-0.2, 0) is 5.60 Å². The summed E-state index contributed by atoms with van der Waals surface area (Å²) in [7, 11) is 0. The molecule has 1 unspecified atom stereocenters. The highest BCUT2D eigenvalue weighted by molar-refractivity contribution is 6.31. The van der Waals surface area contributed by atoms with Gasteiger partial charge in [-0.15, -0.1) is 0 Å². The Kier molecular flexibility index (Phi) is 9.09. The number of pyridine rings is 1. The van der Waals surface area contributed by atoms with Gasteiger partial charge in [0, 0.05) is 16.0 Å². The number of rotatable bonds is 10. The van der Waals surface area contributed by atoms with Crippen molar-refractivity contribution in [1.29, 1.82) is 0 Å². The maximum atomic E-state index is 13.4. The maximum Gasteiger partial charge on any atom is 0.336 e. The molecule has 3 N–H and O–H groups in total. The molecule has 0 radical (unpaired) electrons. The van der Waals surface area contributed by atoms with Crippen LogP contribution in [0.2, 0.25) is 5.02 Å². The summed E-state index contributed by atoms with van der Waals surface area (Å²) in [6, 6.07) is 29.6. The molecule has 1 heterocycles. The zero-order chi connectivity index (χ0) is 31.3. The van der Waals surface area contributed by atoms with Gasteiger partial charge in [0.15, 0.2) is 0 Å². The minimum atomic E-state index is -1.20. The summed E-state index contributed by atoms with van der Waals surface area (Å²) in [5, 5.41) is 24.9. The van der Waals surface area contributed by atoms with Crippen molar-refractivity contribution in [3.05, 3.63) is 142 Å². The Balaban J connectivity index is 1.45. The lowest BCUT2D eigenvalue weighted by Gasteiger charge is -2.24. The third-order valence-corrected chi connectivity index (χ3v) is 7.33. The SMILES string of the molecule is CC(C)(O)c1ccccc1OCC(NC(=O)c1ccccc1C(=O)O)c1cccc(/C=C/c2ccc3ccc(Cl)cc3n2)c1. The van der Waals surface area contributed by atoms with Crippen molar-refractivity contribution in [2.24, 2.45) is 0 Å². The van der Waals surface area contributed by atoms with E-state index < -0.39 is 23.5 Å². The summed E-state index contributed by atoms with van der Waals surface area (Å²) in [5.74, 6) is -1.27. The molecule has 0 saturated heterocycles. The molecule has 44 heavy (non-hydrogen) atoms. The normalized spacial score (nSPS) is 12.3. The molecule has 8 heteroatoms. The number of aliphatic hydroxyl groups is 1. The summed E-state index contributed by atoms with van der Waals surface area (Å²) < 4.78 is 6.18. The first-order valence-electron chi connectivity index (χ1n) is 14.0. The Hall–Kier alpha value is -4.98. The second-order valence-corrected chi connectivity index (χ2v) is 11.3. The Morgan fingerprint density at radius 3 is 2.41 bits per heavy atom. The van der Waals surface area contributed by atoms with Crippen LogP contribution in [-0.4, -0.2) is 33.7 Å². The largest absolute Gasteiger partial charge is 0.491 e. The molecule has 5 aromatic rings. The topological polar surface area (TPSA) is 109 Å². The van der Waals surface area contributed by atoms with E-state index in [9.17, 15) is 19.8 Å². The molecule has 1 aromatic heterocycles. The molecule has 0 saturated carbocycles. The van der Waals surface area contributed by atoms with Crippen molar-refractivity contribution in [1.82, 2.24) is 10.3 Å². The molecule has 5 rings (SSSR count). The Morgan fingerprint density at radius 1 is 0.909 bits per heavy atom. The summed E-state index contributed by atoms with van der Waals surface area (Å²) in [6.45, 7) is 3.37. The zero-order valence-electron chi connectivity index (χ0n) is 24.2. The molecular formula is C36H31ClN2O5. The van der Waals surface area contributed by atoms with E-state index in [4.69, 9.17) is 16.3 Å². The highest BCUT2D eigenvalue weighted by Crippen LogP contribution is 2.30. The van der Waals surface area contributed by atoms with Crippen LogP contribution in [0.1, 0.15) is 63.0 Å². The van der Waals surface area contributed by atoms with Gasteiger partial charge in [0.05, 0.1) is 34.0 Å². The van der Waals surface area contributed by atoms with Gasteiger partial charge >= 0.3 is 5.97 Å². The predicted molar refractivity (Wildman–Crippen MR) is 173 cm³/mol. The number of carbonyl (C=O) groups is 2. The van der Waals surface area contributed by atoms with Crippen molar-refractivity contribution in [2.45, 2.75) is 25.5 Å². The number of fused-ring (bicyclic) bond motifs is 1. The van der Waals surface area contributed by atoms with Gasteiger partial charge < -0.3 is 20.3 Å².